The molecule has 46 heavy (non-hydrogen) atoms. The molecule has 234 valence electrons. The van der Waals surface area contributed by atoms with Crippen LogP contribution in [0.25, 0.3) is 32.8 Å². The first-order chi connectivity index (χ1) is 22.3. The van der Waals surface area contributed by atoms with E-state index in [1.807, 2.05) is 0 Å². The van der Waals surface area contributed by atoms with Gasteiger partial charge in [0.05, 0.1) is 23.1 Å². The predicted octanol–water partition coefficient (Wildman–Crippen LogP) is 6.36. The van der Waals surface area contributed by atoms with Crippen LogP contribution < -0.4 is 9.64 Å². The van der Waals surface area contributed by atoms with Crippen molar-refractivity contribution in [3.05, 3.63) is 53.6 Å². The first kappa shape index (κ1) is 28.9. The molecule has 1 saturated carbocycles. The van der Waals surface area contributed by atoms with Gasteiger partial charge in [-0.1, -0.05) is 18.1 Å². The van der Waals surface area contributed by atoms with E-state index in [4.69, 9.17) is 16.1 Å². The first-order valence-electron chi connectivity index (χ1n) is 15.9. The molecule has 4 atom stereocenters. The number of aromatic nitrogens is 2. The van der Waals surface area contributed by atoms with Gasteiger partial charge in [0.15, 0.2) is 5.82 Å². The summed E-state index contributed by atoms with van der Waals surface area (Å²) in [6, 6.07) is 11.3. The van der Waals surface area contributed by atoms with Crippen LogP contribution in [0.1, 0.15) is 37.7 Å². The van der Waals surface area contributed by atoms with Crippen LogP contribution in [-0.2, 0) is 0 Å². The Morgan fingerprint density at radius 2 is 1.87 bits per heavy atom. The molecule has 1 N–H and O–H groups in total. The zero-order chi connectivity index (χ0) is 31.7. The molecule has 4 heterocycles. The minimum absolute atomic E-state index is 0.00652. The number of piperidine rings is 1. The highest BCUT2D eigenvalue weighted by molar-refractivity contribution is 6.04. The van der Waals surface area contributed by atoms with Crippen LogP contribution >= 0.6 is 0 Å². The summed E-state index contributed by atoms with van der Waals surface area (Å²) in [5, 5.41) is 21.6. The van der Waals surface area contributed by atoms with Crippen LogP contribution in [0, 0.1) is 53.1 Å². The summed E-state index contributed by atoms with van der Waals surface area (Å²) in [6.45, 7) is 2.57. The Balaban J connectivity index is 1.27. The number of terminal acetylenes is 1. The molecular formula is C36H32F3N5O2. The van der Waals surface area contributed by atoms with Crippen molar-refractivity contribution in [2.45, 2.75) is 43.8 Å². The molecule has 4 aliphatic rings. The predicted molar refractivity (Wildman–Crippen MR) is 168 cm³/mol. The fraction of sp³-hybridized carbons (Fsp3) is 0.417. The van der Waals surface area contributed by atoms with E-state index in [1.54, 1.807) is 12.1 Å². The van der Waals surface area contributed by atoms with Crippen molar-refractivity contribution in [3.8, 4) is 41.3 Å². The molecule has 3 aliphatic heterocycles. The SMILES string of the molecule is C#Cc1c(F)ccc2cc(O)cc(-c3ccc4c(N5CC6CCC(C5)C6C#N)nc(OC[C@@]56CCCN5C[C@H](F)C6)nc4c3F)c12. The monoisotopic (exact) mass is 623 g/mol. The minimum atomic E-state index is -0.927. The van der Waals surface area contributed by atoms with Crippen LogP contribution in [0.5, 0.6) is 11.8 Å². The second kappa shape index (κ2) is 10.8. The molecule has 10 heteroatoms. The van der Waals surface area contributed by atoms with Gasteiger partial charge >= 0.3 is 6.01 Å². The number of phenolic OH excluding ortho intramolecular Hbond substituents is 1. The second-order valence-corrected chi connectivity index (χ2v) is 13.3. The molecule has 1 aliphatic carbocycles. The number of hydrogen-bond acceptors (Lipinski definition) is 7. The lowest BCUT2D eigenvalue weighted by atomic mass is 9.86. The van der Waals surface area contributed by atoms with Crippen LogP contribution in [0.15, 0.2) is 36.4 Å². The molecule has 8 rings (SSSR count). The van der Waals surface area contributed by atoms with Gasteiger partial charge in [-0.25, -0.2) is 13.2 Å². The molecule has 2 bridgehead atoms. The number of rotatable bonds is 5. The third-order valence-corrected chi connectivity index (χ3v) is 10.8. The number of nitriles is 1. The fourth-order valence-corrected chi connectivity index (χ4v) is 8.67. The van der Waals surface area contributed by atoms with Crippen LogP contribution in [0.4, 0.5) is 19.0 Å². The number of aromatic hydroxyl groups is 1. The van der Waals surface area contributed by atoms with Gasteiger partial charge in [-0.05, 0) is 79.3 Å². The van der Waals surface area contributed by atoms with Gasteiger partial charge in [-0.15, -0.1) is 6.42 Å². The van der Waals surface area contributed by atoms with E-state index in [2.05, 4.69) is 26.8 Å². The van der Waals surface area contributed by atoms with E-state index in [0.717, 1.165) is 32.2 Å². The topological polar surface area (TPSA) is 85.5 Å². The third-order valence-electron chi connectivity index (χ3n) is 10.8. The Bertz CT molecular complexity index is 1980. The van der Waals surface area contributed by atoms with Crippen molar-refractivity contribution in [1.29, 1.82) is 5.26 Å². The lowest BCUT2D eigenvalue weighted by molar-refractivity contribution is 0.107. The van der Waals surface area contributed by atoms with Gasteiger partial charge < -0.3 is 14.7 Å². The number of benzene rings is 3. The molecule has 0 spiro atoms. The van der Waals surface area contributed by atoms with E-state index < -0.39 is 23.3 Å². The third kappa shape index (κ3) is 4.46. The molecule has 0 amide bonds. The van der Waals surface area contributed by atoms with Gasteiger partial charge in [-0.3, -0.25) is 4.90 Å². The van der Waals surface area contributed by atoms with Crippen molar-refractivity contribution in [2.75, 3.05) is 37.7 Å². The van der Waals surface area contributed by atoms with Gasteiger partial charge in [0, 0.05) is 42.4 Å². The van der Waals surface area contributed by atoms with E-state index in [0.29, 0.717) is 48.0 Å². The maximum atomic E-state index is 16.9. The maximum Gasteiger partial charge on any atom is 0.319 e. The summed E-state index contributed by atoms with van der Waals surface area (Å²) in [5.41, 5.74) is -0.140. The van der Waals surface area contributed by atoms with E-state index >= 15 is 4.39 Å². The number of alkyl halides is 1. The number of halogens is 3. The zero-order valence-electron chi connectivity index (χ0n) is 25.1. The van der Waals surface area contributed by atoms with Crippen molar-refractivity contribution in [1.82, 2.24) is 14.9 Å². The number of fused-ring (bicyclic) bond motifs is 5. The zero-order valence-corrected chi connectivity index (χ0v) is 25.1. The Labute approximate surface area is 264 Å². The largest absolute Gasteiger partial charge is 0.508 e. The standard InChI is InChI=1S/C36H32F3N5O2/c1-2-25-30(38)9-6-20-12-24(45)13-28(31(20)25)26-7-8-27-33(32(26)39)41-35(46-19-36-10-3-11-44(36)18-23(37)14-36)42-34(27)43-16-21-4-5-22(17-43)29(21)15-40/h1,6-9,12-13,21-23,29,45H,3-5,10-11,14,16-19H2/t21?,22?,23-,29?,36+/m1/s1. The van der Waals surface area contributed by atoms with E-state index in [1.165, 1.54) is 24.3 Å². The molecule has 0 radical (unpaired) electrons. The molecule has 3 saturated heterocycles. The summed E-state index contributed by atoms with van der Waals surface area (Å²) in [6.07, 6.45) is 8.79. The minimum Gasteiger partial charge on any atom is -0.508 e. The lowest BCUT2D eigenvalue weighted by Gasteiger charge is -2.36. The summed E-state index contributed by atoms with van der Waals surface area (Å²) < 4.78 is 52.4. The number of nitrogens with zero attached hydrogens (tertiary/aromatic N) is 5. The summed E-state index contributed by atoms with van der Waals surface area (Å²) in [7, 11) is 0. The highest BCUT2D eigenvalue weighted by Gasteiger charge is 2.49. The fourth-order valence-electron chi connectivity index (χ4n) is 8.67. The van der Waals surface area contributed by atoms with Crippen molar-refractivity contribution in [2.24, 2.45) is 17.8 Å². The number of anilines is 1. The number of hydrogen-bond donors (Lipinski definition) is 1. The maximum absolute atomic E-state index is 16.9. The average molecular weight is 624 g/mol. The number of ether oxygens (including phenoxy) is 1. The van der Waals surface area contributed by atoms with Gasteiger partial charge in [0.25, 0.3) is 0 Å². The Morgan fingerprint density at radius 3 is 2.63 bits per heavy atom. The Hall–Kier alpha value is -4.54. The average Bonchev–Trinajstić information content (AvgIpc) is 3.65. The molecule has 7 nitrogen and oxygen atoms in total. The van der Waals surface area contributed by atoms with Gasteiger partial charge in [0.1, 0.15) is 35.7 Å². The van der Waals surface area contributed by atoms with Crippen molar-refractivity contribution in [3.63, 3.8) is 0 Å². The molecule has 1 aromatic heterocycles. The molecule has 2 unspecified atom stereocenters. The Kier molecular flexibility index (Phi) is 6.77. The van der Waals surface area contributed by atoms with Gasteiger partial charge in [-0.2, -0.15) is 15.2 Å². The van der Waals surface area contributed by atoms with Crippen LogP contribution in [0.3, 0.4) is 0 Å². The van der Waals surface area contributed by atoms with Crippen LogP contribution in [0.2, 0.25) is 0 Å². The first-order valence-corrected chi connectivity index (χ1v) is 15.9. The van der Waals surface area contributed by atoms with E-state index in [9.17, 15) is 19.1 Å². The molecule has 4 fully saturated rings. The van der Waals surface area contributed by atoms with Crippen molar-refractivity contribution >= 4 is 27.5 Å². The highest BCUT2D eigenvalue weighted by Crippen LogP contribution is 2.45. The highest BCUT2D eigenvalue weighted by atomic mass is 19.1. The molecular weight excluding hydrogens is 591 g/mol. The van der Waals surface area contributed by atoms with E-state index in [-0.39, 0.29) is 58.3 Å². The lowest BCUT2D eigenvalue weighted by Crippen LogP contribution is -2.44. The normalized spacial score (nSPS) is 27.2. The smallest absolute Gasteiger partial charge is 0.319 e. The van der Waals surface area contributed by atoms with Crippen LogP contribution in [-0.4, -0.2) is 64.5 Å². The molecule has 4 aromatic rings. The Morgan fingerprint density at radius 1 is 1.07 bits per heavy atom. The summed E-state index contributed by atoms with van der Waals surface area (Å²) in [5.74, 6) is 1.82. The van der Waals surface area contributed by atoms with Crippen molar-refractivity contribution < 1.29 is 23.0 Å². The second-order valence-electron chi connectivity index (χ2n) is 13.3. The summed E-state index contributed by atoms with van der Waals surface area (Å²) in [4.78, 5) is 13.6. The quantitative estimate of drug-likeness (QED) is 0.259. The number of phenols is 1. The van der Waals surface area contributed by atoms with Gasteiger partial charge in [0.2, 0.25) is 0 Å². The molecule has 3 aromatic carbocycles. The summed E-state index contributed by atoms with van der Waals surface area (Å²) >= 11 is 0.